The third-order valence-electron chi connectivity index (χ3n) is 5.86. The number of fused-ring (bicyclic) bond motifs is 1. The Morgan fingerprint density at radius 1 is 1.26 bits per heavy atom. The molecule has 2 aromatic rings. The fourth-order valence-electron chi connectivity index (χ4n) is 4.72. The van der Waals surface area contributed by atoms with Crippen LogP contribution in [0.4, 0.5) is 0 Å². The minimum Gasteiger partial charge on any atom is -0.334 e. The minimum atomic E-state index is 0.185. The van der Waals surface area contributed by atoms with Gasteiger partial charge in [-0.25, -0.2) is 4.98 Å². The lowest BCUT2D eigenvalue weighted by atomic mass is 9.87. The highest BCUT2D eigenvalue weighted by atomic mass is 32.1. The maximum atomic E-state index is 13.0. The second-order valence-electron chi connectivity index (χ2n) is 8.13. The van der Waals surface area contributed by atoms with Crippen LogP contribution in [0.3, 0.4) is 0 Å². The lowest BCUT2D eigenvalue weighted by Gasteiger charge is -2.31. The first-order valence-electron chi connectivity index (χ1n) is 9.63. The SMILES string of the molecule is Cc1ccccc1[C@H]1[C@@H]2CN(Cc3nccs3)C[C@@H]2CN1C(=O)CN(C)C. The molecule has 0 radical (unpaired) electrons. The summed E-state index contributed by atoms with van der Waals surface area (Å²) < 4.78 is 0. The standard InChI is InChI=1S/C21H28N4OS/c1-15-6-4-5-7-17(15)21-18-12-24(13-19-22-8-9-27-19)10-16(18)11-25(21)20(26)14-23(2)3/h4-9,16,18,21H,10-14H2,1-3H3/t16-,18-,21+/m1/s1. The van der Waals surface area contributed by atoms with E-state index in [2.05, 4.69) is 46.0 Å². The highest BCUT2D eigenvalue weighted by Crippen LogP contribution is 2.46. The molecule has 2 fully saturated rings. The number of hydrogen-bond acceptors (Lipinski definition) is 5. The van der Waals surface area contributed by atoms with Crippen LogP contribution in [-0.2, 0) is 11.3 Å². The molecule has 5 nitrogen and oxygen atoms in total. The summed E-state index contributed by atoms with van der Waals surface area (Å²) in [5.74, 6) is 1.28. The Labute approximate surface area is 165 Å². The molecule has 1 amide bonds. The van der Waals surface area contributed by atoms with Gasteiger partial charge in [-0.2, -0.15) is 0 Å². The monoisotopic (exact) mass is 384 g/mol. The number of hydrogen-bond donors (Lipinski definition) is 0. The molecule has 1 aromatic heterocycles. The van der Waals surface area contributed by atoms with Crippen molar-refractivity contribution in [1.82, 2.24) is 19.7 Å². The fraction of sp³-hybridized carbons (Fsp3) is 0.524. The Morgan fingerprint density at radius 2 is 2.07 bits per heavy atom. The molecular formula is C21H28N4OS. The number of benzene rings is 1. The molecule has 0 spiro atoms. The van der Waals surface area contributed by atoms with Crippen LogP contribution in [0.1, 0.15) is 22.2 Å². The maximum Gasteiger partial charge on any atom is 0.237 e. The van der Waals surface area contributed by atoms with Crippen molar-refractivity contribution < 1.29 is 4.79 Å². The summed E-state index contributed by atoms with van der Waals surface area (Å²) in [6.07, 6.45) is 1.88. The van der Waals surface area contributed by atoms with Crippen LogP contribution in [-0.4, -0.2) is 65.9 Å². The zero-order valence-corrected chi connectivity index (χ0v) is 17.2. The van der Waals surface area contributed by atoms with E-state index in [4.69, 9.17) is 0 Å². The van der Waals surface area contributed by atoms with Gasteiger partial charge in [-0.3, -0.25) is 9.69 Å². The zero-order valence-electron chi connectivity index (χ0n) is 16.3. The van der Waals surface area contributed by atoms with E-state index >= 15 is 0 Å². The summed E-state index contributed by atoms with van der Waals surface area (Å²) in [5, 5.41) is 3.23. The van der Waals surface area contributed by atoms with E-state index in [1.165, 1.54) is 16.1 Å². The summed E-state index contributed by atoms with van der Waals surface area (Å²) >= 11 is 1.73. The fourth-order valence-corrected chi connectivity index (χ4v) is 5.38. The van der Waals surface area contributed by atoms with Crippen molar-refractivity contribution in [2.45, 2.75) is 19.5 Å². The van der Waals surface area contributed by atoms with Gasteiger partial charge in [0, 0.05) is 37.1 Å². The number of nitrogens with zero attached hydrogens (tertiary/aromatic N) is 4. The van der Waals surface area contributed by atoms with Gasteiger partial charge in [0.2, 0.25) is 5.91 Å². The molecule has 2 aliphatic heterocycles. The van der Waals surface area contributed by atoms with Crippen LogP contribution in [0.25, 0.3) is 0 Å². The Morgan fingerprint density at radius 3 is 2.78 bits per heavy atom. The number of carbonyl (C=O) groups is 1. The van der Waals surface area contributed by atoms with E-state index in [-0.39, 0.29) is 11.9 Å². The van der Waals surface area contributed by atoms with Gasteiger partial charge in [0.15, 0.2) is 0 Å². The Balaban J connectivity index is 1.58. The van der Waals surface area contributed by atoms with E-state index in [1.54, 1.807) is 11.3 Å². The van der Waals surface area contributed by atoms with Crippen molar-refractivity contribution in [3.63, 3.8) is 0 Å². The van der Waals surface area contributed by atoms with E-state index in [1.807, 2.05) is 30.6 Å². The highest BCUT2D eigenvalue weighted by molar-refractivity contribution is 7.09. The molecule has 0 saturated carbocycles. The Bertz CT molecular complexity index is 791. The van der Waals surface area contributed by atoms with Crippen LogP contribution in [0.15, 0.2) is 35.8 Å². The average Bonchev–Trinajstić information content (AvgIpc) is 3.31. The lowest BCUT2D eigenvalue weighted by Crippen LogP contribution is -2.40. The van der Waals surface area contributed by atoms with Crippen LogP contribution in [0.5, 0.6) is 0 Å². The molecule has 3 heterocycles. The molecule has 4 rings (SSSR count). The van der Waals surface area contributed by atoms with E-state index in [9.17, 15) is 4.79 Å². The number of thiazole rings is 1. The number of aryl methyl sites for hydroxylation is 1. The van der Waals surface area contributed by atoms with Crippen molar-refractivity contribution in [2.24, 2.45) is 11.8 Å². The first-order chi connectivity index (χ1) is 13.0. The molecule has 0 aliphatic carbocycles. The smallest absolute Gasteiger partial charge is 0.237 e. The zero-order chi connectivity index (χ0) is 19.0. The Hall–Kier alpha value is -1.76. The molecule has 0 unspecified atom stereocenters. The number of aromatic nitrogens is 1. The summed E-state index contributed by atoms with van der Waals surface area (Å²) in [6.45, 7) is 6.53. The third-order valence-corrected chi connectivity index (χ3v) is 6.63. The van der Waals surface area contributed by atoms with E-state index < -0.39 is 0 Å². The van der Waals surface area contributed by atoms with Gasteiger partial charge in [0.05, 0.1) is 19.1 Å². The number of rotatable bonds is 5. The first-order valence-corrected chi connectivity index (χ1v) is 10.5. The van der Waals surface area contributed by atoms with Gasteiger partial charge in [-0.15, -0.1) is 11.3 Å². The minimum absolute atomic E-state index is 0.185. The third kappa shape index (κ3) is 3.79. The molecule has 3 atom stereocenters. The molecular weight excluding hydrogens is 356 g/mol. The molecule has 2 aliphatic rings. The molecule has 6 heteroatoms. The average molecular weight is 385 g/mol. The molecule has 27 heavy (non-hydrogen) atoms. The summed E-state index contributed by atoms with van der Waals surface area (Å²) in [7, 11) is 3.93. The van der Waals surface area contributed by atoms with Gasteiger partial charge in [0.1, 0.15) is 5.01 Å². The summed E-state index contributed by atoms with van der Waals surface area (Å²) in [4.78, 5) is 24.1. The first kappa shape index (κ1) is 18.6. The van der Waals surface area contributed by atoms with Crippen LogP contribution >= 0.6 is 11.3 Å². The molecule has 2 saturated heterocycles. The van der Waals surface area contributed by atoms with Gasteiger partial charge >= 0.3 is 0 Å². The van der Waals surface area contributed by atoms with Crippen molar-refractivity contribution in [1.29, 1.82) is 0 Å². The van der Waals surface area contributed by atoms with E-state index in [0.717, 1.165) is 26.2 Å². The van der Waals surface area contributed by atoms with Crippen molar-refractivity contribution in [3.8, 4) is 0 Å². The lowest BCUT2D eigenvalue weighted by molar-refractivity contribution is -0.133. The summed E-state index contributed by atoms with van der Waals surface area (Å²) in [6, 6.07) is 8.75. The van der Waals surface area contributed by atoms with Gasteiger partial charge in [-0.05, 0) is 38.1 Å². The van der Waals surface area contributed by atoms with Gasteiger partial charge in [-0.1, -0.05) is 24.3 Å². The number of likely N-dealkylation sites (N-methyl/N-ethyl adjacent to an activating group) is 1. The predicted molar refractivity (Wildman–Crippen MR) is 109 cm³/mol. The van der Waals surface area contributed by atoms with Crippen molar-refractivity contribution in [3.05, 3.63) is 52.0 Å². The maximum absolute atomic E-state index is 13.0. The summed E-state index contributed by atoms with van der Waals surface area (Å²) in [5.41, 5.74) is 2.59. The Kier molecular flexibility index (Phi) is 5.30. The van der Waals surface area contributed by atoms with Crippen LogP contribution in [0, 0.1) is 18.8 Å². The quantitative estimate of drug-likeness (QED) is 0.795. The number of likely N-dealkylation sites (tertiary alicyclic amines) is 2. The van der Waals surface area contributed by atoms with Crippen molar-refractivity contribution in [2.75, 3.05) is 40.3 Å². The largest absolute Gasteiger partial charge is 0.334 e. The molecule has 0 bridgehead atoms. The van der Waals surface area contributed by atoms with Crippen LogP contribution in [0.2, 0.25) is 0 Å². The normalized spacial score (nSPS) is 25.3. The molecule has 144 valence electrons. The van der Waals surface area contributed by atoms with E-state index in [0.29, 0.717) is 18.4 Å². The van der Waals surface area contributed by atoms with Gasteiger partial charge < -0.3 is 9.80 Å². The molecule has 1 aromatic carbocycles. The second kappa shape index (κ2) is 7.70. The highest BCUT2D eigenvalue weighted by Gasteiger charge is 2.49. The number of amides is 1. The second-order valence-corrected chi connectivity index (χ2v) is 9.11. The van der Waals surface area contributed by atoms with Crippen LogP contribution < -0.4 is 0 Å². The predicted octanol–water partition coefficient (Wildman–Crippen LogP) is 2.64. The van der Waals surface area contributed by atoms with Gasteiger partial charge in [0.25, 0.3) is 0 Å². The molecule has 0 N–H and O–H groups in total. The number of carbonyl (C=O) groups excluding carboxylic acids is 1. The topological polar surface area (TPSA) is 39.7 Å². The van der Waals surface area contributed by atoms with Crippen molar-refractivity contribution >= 4 is 17.2 Å².